The van der Waals surface area contributed by atoms with E-state index in [4.69, 9.17) is 4.74 Å². The van der Waals surface area contributed by atoms with Crippen LogP contribution in [0.2, 0.25) is 0 Å². The summed E-state index contributed by atoms with van der Waals surface area (Å²) in [5.74, 6) is 0.917. The lowest BCUT2D eigenvalue weighted by atomic mass is 10.2. The molecule has 0 unspecified atom stereocenters. The second-order valence-electron chi connectivity index (χ2n) is 4.86. The number of aryl methyl sites for hydroxylation is 1. The number of pyridine rings is 1. The average Bonchev–Trinajstić information content (AvgIpc) is 2.52. The van der Waals surface area contributed by atoms with Crippen LogP contribution in [0.4, 0.5) is 0 Å². The number of aromatic nitrogens is 1. The Hall–Kier alpha value is -2.36. The summed E-state index contributed by atoms with van der Waals surface area (Å²) in [4.78, 5) is 15.7. The number of benzene rings is 1. The zero-order valence-electron chi connectivity index (χ0n) is 12.2. The highest BCUT2D eigenvalue weighted by Crippen LogP contribution is 2.16. The maximum Gasteiger partial charge on any atom is 0.220 e. The molecule has 1 amide bonds. The molecule has 0 spiro atoms. The van der Waals surface area contributed by atoms with Crippen molar-refractivity contribution < 1.29 is 9.53 Å². The van der Waals surface area contributed by atoms with Gasteiger partial charge in [0.05, 0.1) is 6.61 Å². The van der Waals surface area contributed by atoms with Crippen LogP contribution in [0.5, 0.6) is 5.75 Å². The van der Waals surface area contributed by atoms with Crippen LogP contribution in [-0.2, 0) is 11.3 Å². The second-order valence-corrected chi connectivity index (χ2v) is 4.86. The minimum Gasteiger partial charge on any atom is -0.493 e. The molecular formula is C17H20N2O2. The molecule has 0 aliphatic carbocycles. The van der Waals surface area contributed by atoms with E-state index in [2.05, 4.69) is 10.3 Å². The smallest absolute Gasteiger partial charge is 0.220 e. The summed E-state index contributed by atoms with van der Waals surface area (Å²) in [5.41, 5.74) is 2.11. The highest BCUT2D eigenvalue weighted by atomic mass is 16.5. The third-order valence-electron chi connectivity index (χ3n) is 3.11. The Labute approximate surface area is 125 Å². The predicted molar refractivity (Wildman–Crippen MR) is 82.0 cm³/mol. The summed E-state index contributed by atoms with van der Waals surface area (Å²) in [6.45, 7) is 3.08. The van der Waals surface area contributed by atoms with Gasteiger partial charge in [-0.3, -0.25) is 9.78 Å². The molecule has 1 heterocycles. The lowest BCUT2D eigenvalue weighted by Gasteiger charge is -2.09. The molecule has 0 saturated carbocycles. The molecule has 0 atom stereocenters. The van der Waals surface area contributed by atoms with Crippen molar-refractivity contribution >= 4 is 5.91 Å². The van der Waals surface area contributed by atoms with Crippen LogP contribution in [0, 0.1) is 6.92 Å². The van der Waals surface area contributed by atoms with E-state index >= 15 is 0 Å². The molecule has 4 nitrogen and oxygen atoms in total. The molecule has 0 fully saturated rings. The number of ether oxygens (including phenoxy) is 1. The van der Waals surface area contributed by atoms with Gasteiger partial charge in [0.15, 0.2) is 0 Å². The summed E-state index contributed by atoms with van der Waals surface area (Å²) in [6, 6.07) is 11.7. The van der Waals surface area contributed by atoms with Gasteiger partial charge in [0.25, 0.3) is 0 Å². The largest absolute Gasteiger partial charge is 0.493 e. The van der Waals surface area contributed by atoms with Crippen LogP contribution in [0.3, 0.4) is 0 Å². The number of nitrogens with zero attached hydrogens (tertiary/aromatic N) is 1. The van der Waals surface area contributed by atoms with Gasteiger partial charge in [-0.05, 0) is 36.6 Å². The molecule has 110 valence electrons. The van der Waals surface area contributed by atoms with Crippen LogP contribution >= 0.6 is 0 Å². The lowest BCUT2D eigenvalue weighted by molar-refractivity contribution is -0.121. The fraction of sp³-hybridized carbons (Fsp3) is 0.294. The maximum absolute atomic E-state index is 11.7. The molecule has 0 radical (unpaired) electrons. The third-order valence-corrected chi connectivity index (χ3v) is 3.11. The first-order chi connectivity index (χ1) is 10.3. The van der Waals surface area contributed by atoms with Crippen molar-refractivity contribution in [3.63, 3.8) is 0 Å². The maximum atomic E-state index is 11.7. The molecule has 0 aliphatic heterocycles. The Kier molecular flexibility index (Phi) is 5.76. The predicted octanol–water partition coefficient (Wildman–Crippen LogP) is 2.87. The molecular weight excluding hydrogens is 264 g/mol. The molecule has 2 aromatic rings. The Morgan fingerprint density at radius 2 is 2.10 bits per heavy atom. The molecule has 1 aromatic heterocycles. The Morgan fingerprint density at radius 3 is 2.86 bits per heavy atom. The van der Waals surface area contributed by atoms with Crippen molar-refractivity contribution in [1.29, 1.82) is 0 Å². The highest BCUT2D eigenvalue weighted by Gasteiger charge is 2.02. The molecule has 4 heteroatoms. The first-order valence-corrected chi connectivity index (χ1v) is 7.10. The fourth-order valence-corrected chi connectivity index (χ4v) is 1.92. The van der Waals surface area contributed by atoms with Gasteiger partial charge in [-0.2, -0.15) is 0 Å². The minimum atomic E-state index is 0.0345. The number of nitrogens with one attached hydrogen (secondary N) is 1. The van der Waals surface area contributed by atoms with Gasteiger partial charge in [-0.1, -0.05) is 24.3 Å². The number of carbonyl (C=O) groups excluding carboxylic acids is 1. The van der Waals surface area contributed by atoms with Crippen molar-refractivity contribution in [3.8, 4) is 5.75 Å². The first-order valence-electron chi connectivity index (χ1n) is 7.10. The van der Waals surface area contributed by atoms with Gasteiger partial charge in [0.1, 0.15) is 5.75 Å². The number of rotatable bonds is 7. The Morgan fingerprint density at radius 1 is 1.24 bits per heavy atom. The van der Waals surface area contributed by atoms with Crippen LogP contribution in [-0.4, -0.2) is 17.5 Å². The number of para-hydroxylation sites is 1. The first kappa shape index (κ1) is 15.0. The van der Waals surface area contributed by atoms with E-state index in [1.807, 2.05) is 43.3 Å². The van der Waals surface area contributed by atoms with Crippen LogP contribution in [0.15, 0.2) is 48.8 Å². The van der Waals surface area contributed by atoms with E-state index in [-0.39, 0.29) is 5.91 Å². The molecule has 0 bridgehead atoms. The quantitative estimate of drug-likeness (QED) is 0.795. The highest BCUT2D eigenvalue weighted by molar-refractivity contribution is 5.75. The van der Waals surface area contributed by atoms with Gasteiger partial charge in [0, 0.05) is 25.4 Å². The third kappa shape index (κ3) is 5.26. The second kappa shape index (κ2) is 8.04. The van der Waals surface area contributed by atoms with Gasteiger partial charge < -0.3 is 10.1 Å². The van der Waals surface area contributed by atoms with E-state index in [1.54, 1.807) is 12.4 Å². The number of hydrogen-bond acceptors (Lipinski definition) is 3. The number of amides is 1. The molecule has 21 heavy (non-hydrogen) atoms. The topological polar surface area (TPSA) is 51.2 Å². The summed E-state index contributed by atoms with van der Waals surface area (Å²) in [6.07, 6.45) is 4.63. The van der Waals surface area contributed by atoms with Crippen molar-refractivity contribution in [1.82, 2.24) is 10.3 Å². The van der Waals surface area contributed by atoms with Crippen molar-refractivity contribution in [2.45, 2.75) is 26.3 Å². The summed E-state index contributed by atoms with van der Waals surface area (Å²) in [5, 5.41) is 2.87. The standard InChI is InChI=1S/C17H20N2O2/c1-14-6-2-3-8-16(14)21-11-5-9-17(20)19-13-15-7-4-10-18-12-15/h2-4,6-8,10,12H,5,9,11,13H2,1H3,(H,19,20). The van der Waals surface area contributed by atoms with E-state index in [0.717, 1.165) is 16.9 Å². The van der Waals surface area contributed by atoms with Gasteiger partial charge >= 0.3 is 0 Å². The zero-order valence-corrected chi connectivity index (χ0v) is 12.2. The zero-order chi connectivity index (χ0) is 14.9. The van der Waals surface area contributed by atoms with Crippen LogP contribution in [0.1, 0.15) is 24.0 Å². The van der Waals surface area contributed by atoms with Crippen molar-refractivity contribution in [3.05, 3.63) is 59.9 Å². The molecule has 1 aromatic carbocycles. The molecule has 1 N–H and O–H groups in total. The molecule has 0 saturated heterocycles. The van der Waals surface area contributed by atoms with E-state index < -0.39 is 0 Å². The summed E-state index contributed by atoms with van der Waals surface area (Å²) < 4.78 is 5.66. The summed E-state index contributed by atoms with van der Waals surface area (Å²) >= 11 is 0. The number of carbonyl (C=O) groups is 1. The monoisotopic (exact) mass is 284 g/mol. The summed E-state index contributed by atoms with van der Waals surface area (Å²) in [7, 11) is 0. The fourth-order valence-electron chi connectivity index (χ4n) is 1.92. The lowest BCUT2D eigenvalue weighted by Crippen LogP contribution is -2.23. The molecule has 2 rings (SSSR count). The van der Waals surface area contributed by atoms with Gasteiger partial charge in [0.2, 0.25) is 5.91 Å². The molecule has 0 aliphatic rings. The van der Waals surface area contributed by atoms with Gasteiger partial charge in [-0.15, -0.1) is 0 Å². The normalized spacial score (nSPS) is 10.1. The van der Waals surface area contributed by atoms with Crippen LogP contribution in [0.25, 0.3) is 0 Å². The van der Waals surface area contributed by atoms with Crippen LogP contribution < -0.4 is 10.1 Å². The van der Waals surface area contributed by atoms with Gasteiger partial charge in [-0.25, -0.2) is 0 Å². The van der Waals surface area contributed by atoms with Crippen molar-refractivity contribution in [2.24, 2.45) is 0 Å². The minimum absolute atomic E-state index is 0.0345. The van der Waals surface area contributed by atoms with E-state index in [1.165, 1.54) is 0 Å². The van der Waals surface area contributed by atoms with Crippen molar-refractivity contribution in [2.75, 3.05) is 6.61 Å². The SMILES string of the molecule is Cc1ccccc1OCCCC(=O)NCc1cccnc1. The Bertz CT molecular complexity index is 570. The van der Waals surface area contributed by atoms with E-state index in [0.29, 0.717) is 26.0 Å². The number of hydrogen-bond donors (Lipinski definition) is 1. The van der Waals surface area contributed by atoms with E-state index in [9.17, 15) is 4.79 Å². The Balaban J connectivity index is 1.62. The average molecular weight is 284 g/mol.